The second-order valence-electron chi connectivity index (χ2n) is 5.17. The van der Waals surface area contributed by atoms with Gasteiger partial charge in [0.15, 0.2) is 11.5 Å². The third-order valence-corrected chi connectivity index (χ3v) is 3.58. The maximum absolute atomic E-state index is 11.7. The zero-order valence-electron chi connectivity index (χ0n) is 13.9. The largest absolute Gasteiger partial charge is 0.504 e. The van der Waals surface area contributed by atoms with Crippen LogP contribution in [0.2, 0.25) is 0 Å². The van der Waals surface area contributed by atoms with Crippen molar-refractivity contribution in [2.45, 2.75) is 13.8 Å². The van der Waals surface area contributed by atoms with Gasteiger partial charge in [0.1, 0.15) is 5.75 Å². The zero-order valence-corrected chi connectivity index (χ0v) is 13.9. The van der Waals surface area contributed by atoms with E-state index in [1.807, 2.05) is 13.8 Å². The Morgan fingerprint density at radius 2 is 2.00 bits per heavy atom. The van der Waals surface area contributed by atoms with Crippen LogP contribution in [0.4, 0.5) is 0 Å². The number of aryl methyl sites for hydroxylation is 1. The molecule has 0 fully saturated rings. The minimum atomic E-state index is -1.08. The summed E-state index contributed by atoms with van der Waals surface area (Å²) in [5.41, 5.74) is 1.80. The molecule has 0 aliphatic heterocycles. The Morgan fingerprint density at radius 1 is 1.25 bits per heavy atom. The van der Waals surface area contributed by atoms with Gasteiger partial charge in [0.25, 0.3) is 0 Å². The summed E-state index contributed by atoms with van der Waals surface area (Å²) in [7, 11) is 1.44. The first-order chi connectivity index (χ1) is 11.5. The number of phenolic OH excluding ortho intramolecular Hbond substituents is 1. The molecular weight excluding hydrogens is 308 g/mol. The number of rotatable bonds is 6. The topological polar surface area (TPSA) is 76.0 Å². The highest BCUT2D eigenvalue weighted by molar-refractivity contribution is 6.21. The van der Waals surface area contributed by atoms with Crippen molar-refractivity contribution in [1.82, 2.24) is 0 Å². The Bertz CT molecular complexity index is 777. The summed E-state index contributed by atoms with van der Waals surface area (Å²) < 4.78 is 10.5. The third kappa shape index (κ3) is 3.68. The van der Waals surface area contributed by atoms with E-state index in [0.29, 0.717) is 23.5 Å². The molecule has 0 amide bonds. The molecule has 0 radical (unpaired) electrons. The lowest BCUT2D eigenvalue weighted by Crippen LogP contribution is -2.02. The molecule has 2 aromatic carbocycles. The molecule has 0 aliphatic carbocycles. The predicted octanol–water partition coefficient (Wildman–Crippen LogP) is 3.73. The van der Waals surface area contributed by atoms with Gasteiger partial charge < -0.3 is 19.7 Å². The average Bonchev–Trinajstić information content (AvgIpc) is 2.55. The Hall–Kier alpha value is -2.95. The SMILES string of the molecule is CCOc1ccc(/C(=C/c2cccc(OC)c2O)C(=O)O)c(C)c1. The molecule has 0 saturated heterocycles. The number of carboxylic acids is 1. The first-order valence-electron chi connectivity index (χ1n) is 7.52. The molecule has 2 N–H and O–H groups in total. The highest BCUT2D eigenvalue weighted by Gasteiger charge is 2.15. The van der Waals surface area contributed by atoms with Crippen LogP contribution in [0.25, 0.3) is 11.6 Å². The molecule has 126 valence electrons. The lowest BCUT2D eigenvalue weighted by atomic mass is 9.98. The van der Waals surface area contributed by atoms with Gasteiger partial charge in [-0.05, 0) is 49.2 Å². The molecule has 0 unspecified atom stereocenters. The quantitative estimate of drug-likeness (QED) is 0.624. The van der Waals surface area contributed by atoms with E-state index in [4.69, 9.17) is 9.47 Å². The monoisotopic (exact) mass is 328 g/mol. The van der Waals surface area contributed by atoms with Gasteiger partial charge in [0.05, 0.1) is 19.3 Å². The minimum absolute atomic E-state index is 0.0825. The number of ether oxygens (including phenoxy) is 2. The Balaban J connectivity index is 2.53. The highest BCUT2D eigenvalue weighted by atomic mass is 16.5. The van der Waals surface area contributed by atoms with Crippen LogP contribution in [0.1, 0.15) is 23.6 Å². The lowest BCUT2D eigenvalue weighted by Gasteiger charge is -2.11. The normalized spacial score (nSPS) is 11.2. The number of methoxy groups -OCH3 is 1. The summed E-state index contributed by atoms with van der Waals surface area (Å²) in [6.07, 6.45) is 1.43. The number of aliphatic carboxylic acids is 1. The Labute approximate surface area is 140 Å². The van der Waals surface area contributed by atoms with Crippen molar-refractivity contribution in [3.05, 3.63) is 53.1 Å². The van der Waals surface area contributed by atoms with E-state index in [-0.39, 0.29) is 17.1 Å². The molecule has 0 aromatic heterocycles. The Morgan fingerprint density at radius 3 is 2.58 bits per heavy atom. The molecule has 5 nitrogen and oxygen atoms in total. The number of aromatic hydroxyl groups is 1. The fourth-order valence-electron chi connectivity index (χ4n) is 2.43. The van der Waals surface area contributed by atoms with E-state index in [1.54, 1.807) is 36.4 Å². The van der Waals surface area contributed by atoms with Crippen LogP contribution in [-0.4, -0.2) is 29.9 Å². The molecular formula is C19H20O5. The number of hydrogen-bond donors (Lipinski definition) is 2. The summed E-state index contributed by atoms with van der Waals surface area (Å²) in [5.74, 6) is -0.198. The average molecular weight is 328 g/mol. The molecule has 0 heterocycles. The maximum atomic E-state index is 11.7. The van der Waals surface area contributed by atoms with Crippen LogP contribution in [0.5, 0.6) is 17.2 Å². The van der Waals surface area contributed by atoms with E-state index in [2.05, 4.69) is 0 Å². The van der Waals surface area contributed by atoms with Crippen molar-refractivity contribution in [2.24, 2.45) is 0 Å². The molecule has 5 heteroatoms. The summed E-state index contributed by atoms with van der Waals surface area (Å²) in [4.78, 5) is 11.7. The molecule has 0 aliphatic rings. The summed E-state index contributed by atoms with van der Waals surface area (Å²) in [6, 6.07) is 10.2. The van der Waals surface area contributed by atoms with Gasteiger partial charge in [-0.2, -0.15) is 0 Å². The minimum Gasteiger partial charge on any atom is -0.504 e. The van der Waals surface area contributed by atoms with E-state index < -0.39 is 5.97 Å². The third-order valence-electron chi connectivity index (χ3n) is 3.58. The fourth-order valence-corrected chi connectivity index (χ4v) is 2.43. The molecule has 2 rings (SSSR count). The van der Waals surface area contributed by atoms with Crippen LogP contribution in [0, 0.1) is 6.92 Å². The first-order valence-corrected chi connectivity index (χ1v) is 7.52. The number of carboxylic acid groups (broad SMARTS) is 1. The zero-order chi connectivity index (χ0) is 17.7. The van der Waals surface area contributed by atoms with Crippen LogP contribution < -0.4 is 9.47 Å². The van der Waals surface area contributed by atoms with Crippen molar-refractivity contribution in [1.29, 1.82) is 0 Å². The van der Waals surface area contributed by atoms with Crippen LogP contribution in [0.15, 0.2) is 36.4 Å². The van der Waals surface area contributed by atoms with Gasteiger partial charge in [-0.25, -0.2) is 4.79 Å². The number of benzene rings is 2. The predicted molar refractivity (Wildman–Crippen MR) is 92.5 cm³/mol. The van der Waals surface area contributed by atoms with Crippen LogP contribution >= 0.6 is 0 Å². The molecule has 0 saturated carbocycles. The summed E-state index contributed by atoms with van der Waals surface area (Å²) in [5, 5.41) is 19.8. The van der Waals surface area contributed by atoms with Gasteiger partial charge in [-0.1, -0.05) is 18.2 Å². The maximum Gasteiger partial charge on any atom is 0.336 e. The molecule has 0 spiro atoms. The van der Waals surface area contributed by atoms with Crippen molar-refractivity contribution in [2.75, 3.05) is 13.7 Å². The fraction of sp³-hybridized carbons (Fsp3) is 0.211. The second-order valence-corrected chi connectivity index (χ2v) is 5.17. The van der Waals surface area contributed by atoms with Gasteiger partial charge in [-0.15, -0.1) is 0 Å². The van der Waals surface area contributed by atoms with Crippen LogP contribution in [-0.2, 0) is 4.79 Å². The summed E-state index contributed by atoms with van der Waals surface area (Å²) >= 11 is 0. The van der Waals surface area contributed by atoms with Crippen LogP contribution in [0.3, 0.4) is 0 Å². The van der Waals surface area contributed by atoms with Gasteiger partial charge in [0, 0.05) is 5.56 Å². The standard InChI is InChI=1S/C19H20O5/c1-4-24-14-8-9-15(12(2)10-14)16(19(21)22)11-13-6-5-7-17(23-3)18(13)20/h5-11,20H,4H2,1-3H3,(H,21,22)/b16-11-. The highest BCUT2D eigenvalue weighted by Crippen LogP contribution is 2.33. The molecule has 2 aromatic rings. The molecule has 24 heavy (non-hydrogen) atoms. The van der Waals surface area contributed by atoms with Crippen molar-refractivity contribution in [3.8, 4) is 17.2 Å². The van der Waals surface area contributed by atoms with Gasteiger partial charge in [0.2, 0.25) is 0 Å². The first kappa shape index (κ1) is 17.4. The molecule has 0 atom stereocenters. The number of hydrogen-bond acceptors (Lipinski definition) is 4. The number of phenols is 1. The van der Waals surface area contributed by atoms with E-state index >= 15 is 0 Å². The van der Waals surface area contributed by atoms with Gasteiger partial charge in [-0.3, -0.25) is 0 Å². The second kappa shape index (κ2) is 7.55. The van der Waals surface area contributed by atoms with Crippen molar-refractivity contribution >= 4 is 17.6 Å². The van der Waals surface area contributed by atoms with Gasteiger partial charge >= 0.3 is 5.97 Å². The smallest absolute Gasteiger partial charge is 0.336 e. The van der Waals surface area contributed by atoms with Crippen molar-refractivity contribution < 1.29 is 24.5 Å². The number of para-hydroxylation sites is 1. The lowest BCUT2D eigenvalue weighted by molar-refractivity contribution is -0.130. The van der Waals surface area contributed by atoms with E-state index in [0.717, 1.165) is 5.56 Å². The van der Waals surface area contributed by atoms with E-state index in [9.17, 15) is 15.0 Å². The van der Waals surface area contributed by atoms with E-state index in [1.165, 1.54) is 13.2 Å². The Kier molecular flexibility index (Phi) is 5.47. The summed E-state index contributed by atoms with van der Waals surface area (Å²) in [6.45, 7) is 4.25. The number of carbonyl (C=O) groups is 1. The van der Waals surface area contributed by atoms with Crippen molar-refractivity contribution in [3.63, 3.8) is 0 Å². The molecule has 0 bridgehead atoms.